The van der Waals surface area contributed by atoms with Crippen molar-refractivity contribution in [3.63, 3.8) is 0 Å². The molecule has 3 nitrogen and oxygen atoms in total. The summed E-state index contributed by atoms with van der Waals surface area (Å²) in [6, 6.07) is 0. The van der Waals surface area contributed by atoms with Gasteiger partial charge in [-0.3, -0.25) is 4.79 Å². The second-order valence-corrected chi connectivity index (χ2v) is 7.15. The van der Waals surface area contributed by atoms with E-state index in [1.54, 1.807) is 0 Å². The predicted molar refractivity (Wildman–Crippen MR) is 102 cm³/mol. The lowest BCUT2D eigenvalue weighted by Gasteiger charge is -2.10. The highest BCUT2D eigenvalue weighted by molar-refractivity contribution is 5.68. The quantitative estimate of drug-likeness (QED) is 0.239. The molecule has 0 rings (SSSR count). The van der Waals surface area contributed by atoms with Crippen LogP contribution in [0.1, 0.15) is 116 Å². The molecule has 1 unspecified atom stereocenters. The van der Waals surface area contributed by atoms with E-state index in [-0.39, 0.29) is 12.1 Å². The van der Waals surface area contributed by atoms with Crippen LogP contribution >= 0.6 is 0 Å². The van der Waals surface area contributed by atoms with Crippen LogP contribution in [0.25, 0.3) is 0 Å². The van der Waals surface area contributed by atoms with Crippen LogP contribution in [0.5, 0.6) is 0 Å². The van der Waals surface area contributed by atoms with Gasteiger partial charge < -0.3 is 9.84 Å². The molecule has 0 aromatic heterocycles. The number of esters is 1. The monoisotopic (exact) mass is 342 g/mol. The van der Waals surface area contributed by atoms with Crippen molar-refractivity contribution in [3.8, 4) is 0 Å². The number of carbonyl (C=O) groups is 1. The van der Waals surface area contributed by atoms with Crippen LogP contribution in [0.2, 0.25) is 0 Å². The molecule has 0 aromatic rings. The van der Waals surface area contributed by atoms with Crippen LogP contribution in [0, 0.1) is 0 Å². The van der Waals surface area contributed by atoms with Gasteiger partial charge in [-0.1, -0.05) is 90.4 Å². The summed E-state index contributed by atoms with van der Waals surface area (Å²) in [5.74, 6) is -0.0926. The lowest BCUT2D eigenvalue weighted by molar-refractivity contribution is -0.140. The molecule has 0 spiro atoms. The molecule has 24 heavy (non-hydrogen) atoms. The zero-order chi connectivity index (χ0) is 17.9. The molecule has 0 bridgehead atoms. The average molecular weight is 343 g/mol. The van der Waals surface area contributed by atoms with Crippen LogP contribution in [0.4, 0.5) is 0 Å². The van der Waals surface area contributed by atoms with Gasteiger partial charge in [0.25, 0.3) is 0 Å². The summed E-state index contributed by atoms with van der Waals surface area (Å²) >= 11 is 0. The van der Waals surface area contributed by atoms with Gasteiger partial charge in [0.05, 0.1) is 13.2 Å². The third kappa shape index (κ3) is 17.8. The number of hydrogen-bond acceptors (Lipinski definition) is 3. The molecule has 144 valence electrons. The topological polar surface area (TPSA) is 46.5 Å². The summed E-state index contributed by atoms with van der Waals surface area (Å²) < 4.78 is 4.63. The van der Waals surface area contributed by atoms with Crippen molar-refractivity contribution in [2.24, 2.45) is 0 Å². The summed E-state index contributed by atoms with van der Waals surface area (Å²) in [4.78, 5) is 11.0. The first-order valence-electron chi connectivity index (χ1n) is 10.5. The van der Waals surface area contributed by atoms with Gasteiger partial charge in [-0.2, -0.15) is 0 Å². The maximum Gasteiger partial charge on any atom is 0.305 e. The van der Waals surface area contributed by atoms with E-state index >= 15 is 0 Å². The minimum Gasteiger partial charge on any atom is -0.469 e. The van der Waals surface area contributed by atoms with Crippen LogP contribution in [0.3, 0.4) is 0 Å². The minimum atomic E-state index is -0.0926. The maximum absolute atomic E-state index is 11.0. The predicted octanol–water partition coefficient (Wildman–Crippen LogP) is 6.17. The molecule has 0 radical (unpaired) electrons. The minimum absolute atomic E-state index is 0.0827. The molecule has 0 aliphatic rings. The van der Waals surface area contributed by atoms with E-state index in [1.807, 2.05) is 0 Å². The van der Waals surface area contributed by atoms with Crippen molar-refractivity contribution >= 4 is 5.97 Å². The first kappa shape index (κ1) is 23.4. The van der Waals surface area contributed by atoms with Crippen molar-refractivity contribution in [2.45, 2.75) is 122 Å². The Balaban J connectivity index is 3.17. The number of methoxy groups -OCH3 is 1. The molecule has 0 fully saturated rings. The van der Waals surface area contributed by atoms with Gasteiger partial charge in [0.15, 0.2) is 0 Å². The molecule has 0 aromatic carbocycles. The SMILES string of the molecule is CCCCCCCCCC(O)CCCCCCCCCC(=O)OC. The van der Waals surface area contributed by atoms with E-state index < -0.39 is 0 Å². The van der Waals surface area contributed by atoms with E-state index in [9.17, 15) is 9.90 Å². The number of aliphatic hydroxyl groups excluding tert-OH is 1. The van der Waals surface area contributed by atoms with Crippen molar-refractivity contribution in [1.82, 2.24) is 0 Å². The third-order valence-electron chi connectivity index (χ3n) is 4.79. The fraction of sp³-hybridized carbons (Fsp3) is 0.952. The lowest BCUT2D eigenvalue weighted by Crippen LogP contribution is -2.05. The molecule has 1 N–H and O–H groups in total. The molecular formula is C21H42O3. The normalized spacial score (nSPS) is 12.3. The van der Waals surface area contributed by atoms with Gasteiger partial charge in [0, 0.05) is 6.42 Å². The molecule has 0 amide bonds. The van der Waals surface area contributed by atoms with Crippen LogP contribution < -0.4 is 0 Å². The number of carbonyl (C=O) groups excluding carboxylic acids is 1. The second-order valence-electron chi connectivity index (χ2n) is 7.15. The van der Waals surface area contributed by atoms with Crippen LogP contribution in [-0.2, 0) is 9.53 Å². The summed E-state index contributed by atoms with van der Waals surface area (Å²) in [6.07, 6.45) is 19.8. The van der Waals surface area contributed by atoms with E-state index in [2.05, 4.69) is 11.7 Å². The lowest BCUT2D eigenvalue weighted by atomic mass is 10.0. The average Bonchev–Trinajstić information content (AvgIpc) is 2.59. The van der Waals surface area contributed by atoms with Crippen molar-refractivity contribution in [1.29, 1.82) is 0 Å². The molecule has 3 heteroatoms. The summed E-state index contributed by atoms with van der Waals surface area (Å²) in [6.45, 7) is 2.25. The highest BCUT2D eigenvalue weighted by atomic mass is 16.5. The molecule has 1 atom stereocenters. The number of ether oxygens (including phenoxy) is 1. The molecule has 0 saturated heterocycles. The van der Waals surface area contributed by atoms with Gasteiger partial charge in [-0.15, -0.1) is 0 Å². The Bertz CT molecular complexity index is 266. The number of rotatable bonds is 18. The summed E-state index contributed by atoms with van der Waals surface area (Å²) in [5.41, 5.74) is 0. The third-order valence-corrected chi connectivity index (χ3v) is 4.79. The molecular weight excluding hydrogens is 300 g/mol. The van der Waals surface area contributed by atoms with Gasteiger partial charge in [0.2, 0.25) is 0 Å². The van der Waals surface area contributed by atoms with Crippen molar-refractivity contribution in [3.05, 3.63) is 0 Å². The van der Waals surface area contributed by atoms with Crippen LogP contribution in [-0.4, -0.2) is 24.3 Å². The van der Waals surface area contributed by atoms with Crippen LogP contribution in [0.15, 0.2) is 0 Å². The Morgan fingerprint density at radius 2 is 1.17 bits per heavy atom. The standard InChI is InChI=1S/C21H42O3/c1-3-4-5-6-8-11-14-17-20(22)18-15-12-9-7-10-13-16-19-21(23)24-2/h20,22H,3-19H2,1-2H3. The fourth-order valence-corrected chi connectivity index (χ4v) is 3.12. The Morgan fingerprint density at radius 1 is 0.750 bits per heavy atom. The Kier molecular flexibility index (Phi) is 18.3. The van der Waals surface area contributed by atoms with E-state index in [1.165, 1.54) is 77.7 Å². The highest BCUT2D eigenvalue weighted by Gasteiger charge is 2.04. The van der Waals surface area contributed by atoms with Gasteiger partial charge in [-0.25, -0.2) is 0 Å². The second kappa shape index (κ2) is 18.8. The van der Waals surface area contributed by atoms with Gasteiger partial charge in [0.1, 0.15) is 0 Å². The molecule has 0 saturated carbocycles. The largest absolute Gasteiger partial charge is 0.469 e. The highest BCUT2D eigenvalue weighted by Crippen LogP contribution is 2.14. The summed E-state index contributed by atoms with van der Waals surface area (Å²) in [5, 5.41) is 9.99. The first-order chi connectivity index (χ1) is 11.7. The summed E-state index contributed by atoms with van der Waals surface area (Å²) in [7, 11) is 1.45. The molecule has 0 aliphatic carbocycles. The zero-order valence-electron chi connectivity index (χ0n) is 16.4. The fourth-order valence-electron chi connectivity index (χ4n) is 3.12. The smallest absolute Gasteiger partial charge is 0.305 e. The zero-order valence-corrected chi connectivity index (χ0v) is 16.4. The number of unbranched alkanes of at least 4 members (excludes halogenated alkanes) is 12. The Morgan fingerprint density at radius 3 is 1.62 bits per heavy atom. The Labute approximate surface area is 150 Å². The Hall–Kier alpha value is -0.570. The van der Waals surface area contributed by atoms with E-state index in [0.29, 0.717) is 6.42 Å². The van der Waals surface area contributed by atoms with Gasteiger partial charge >= 0.3 is 5.97 Å². The van der Waals surface area contributed by atoms with Crippen molar-refractivity contribution < 1.29 is 14.6 Å². The molecule has 0 heterocycles. The van der Waals surface area contributed by atoms with Crippen molar-refractivity contribution in [2.75, 3.05) is 7.11 Å². The number of aliphatic hydroxyl groups is 1. The maximum atomic E-state index is 11.0. The number of hydrogen-bond donors (Lipinski definition) is 1. The van der Waals surface area contributed by atoms with E-state index in [0.717, 1.165) is 32.1 Å². The van der Waals surface area contributed by atoms with E-state index in [4.69, 9.17) is 0 Å². The first-order valence-corrected chi connectivity index (χ1v) is 10.5. The van der Waals surface area contributed by atoms with Gasteiger partial charge in [-0.05, 0) is 19.3 Å². The molecule has 0 aliphatic heterocycles.